The van der Waals surface area contributed by atoms with E-state index < -0.39 is 0 Å². The lowest BCUT2D eigenvalue weighted by molar-refractivity contribution is 0.368. The molecule has 1 aromatic rings. The molecule has 4 heteroatoms. The van der Waals surface area contributed by atoms with Crippen LogP contribution in [0.5, 0.6) is 0 Å². The second-order valence-electron chi connectivity index (χ2n) is 2.59. The van der Waals surface area contributed by atoms with Gasteiger partial charge < -0.3 is 0 Å². The summed E-state index contributed by atoms with van der Waals surface area (Å²) in [6, 6.07) is 4.02. The molecule has 0 unspecified atom stereocenters. The van der Waals surface area contributed by atoms with E-state index in [1.165, 1.54) is 16.9 Å². The van der Waals surface area contributed by atoms with E-state index in [4.69, 9.17) is 16.9 Å². The van der Waals surface area contributed by atoms with Gasteiger partial charge in [0.05, 0.1) is 17.0 Å². The van der Waals surface area contributed by atoms with Gasteiger partial charge in [0.15, 0.2) is 0 Å². The summed E-state index contributed by atoms with van der Waals surface area (Å²) in [5.74, 6) is 0. The van der Waals surface area contributed by atoms with E-state index in [2.05, 4.69) is 6.07 Å². The Morgan fingerprint density at radius 1 is 1.75 bits per heavy atom. The van der Waals surface area contributed by atoms with E-state index in [0.29, 0.717) is 6.54 Å². The number of rotatable bonds is 3. The molecule has 0 aliphatic heterocycles. The van der Waals surface area contributed by atoms with E-state index in [9.17, 15) is 0 Å². The highest BCUT2D eigenvalue weighted by Crippen LogP contribution is 2.20. The van der Waals surface area contributed by atoms with Gasteiger partial charge in [-0.15, -0.1) is 11.3 Å². The summed E-state index contributed by atoms with van der Waals surface area (Å²) in [5, 5.41) is 10.4. The Hall–Kier alpha value is -0.560. The summed E-state index contributed by atoms with van der Waals surface area (Å²) in [6.45, 7) is 1.24. The second kappa shape index (κ2) is 4.46. The largest absolute Gasteiger partial charge is 0.289 e. The van der Waals surface area contributed by atoms with Crippen molar-refractivity contribution < 1.29 is 0 Å². The van der Waals surface area contributed by atoms with Crippen molar-refractivity contribution in [2.75, 3.05) is 13.6 Å². The van der Waals surface area contributed by atoms with Crippen LogP contribution in [0.4, 0.5) is 0 Å². The third-order valence-electron chi connectivity index (χ3n) is 1.41. The summed E-state index contributed by atoms with van der Waals surface area (Å²) >= 11 is 7.28. The molecule has 0 atom stereocenters. The predicted molar refractivity (Wildman–Crippen MR) is 51.3 cm³/mol. The first-order valence-electron chi connectivity index (χ1n) is 3.51. The van der Waals surface area contributed by atoms with Crippen LogP contribution >= 0.6 is 22.9 Å². The van der Waals surface area contributed by atoms with Gasteiger partial charge in [-0.25, -0.2) is 0 Å². The van der Waals surface area contributed by atoms with Crippen LogP contribution in [0.25, 0.3) is 0 Å². The molecule has 0 spiro atoms. The molecule has 0 radical (unpaired) electrons. The van der Waals surface area contributed by atoms with E-state index >= 15 is 0 Å². The molecule has 12 heavy (non-hydrogen) atoms. The van der Waals surface area contributed by atoms with Gasteiger partial charge in [-0.3, -0.25) is 4.90 Å². The molecule has 2 nitrogen and oxygen atoms in total. The topological polar surface area (TPSA) is 27.0 Å². The Morgan fingerprint density at radius 3 is 3.00 bits per heavy atom. The molecule has 1 aromatic heterocycles. The second-order valence-corrected chi connectivity index (χ2v) is 4.13. The van der Waals surface area contributed by atoms with Crippen LogP contribution in [0, 0.1) is 11.3 Å². The Morgan fingerprint density at radius 2 is 2.50 bits per heavy atom. The highest BCUT2D eigenvalue weighted by Gasteiger charge is 2.01. The molecule has 0 amide bonds. The lowest BCUT2D eigenvalue weighted by Crippen LogP contribution is -2.17. The molecule has 0 saturated carbocycles. The first kappa shape index (κ1) is 9.53. The number of hydrogen-bond donors (Lipinski definition) is 0. The van der Waals surface area contributed by atoms with Crippen LogP contribution in [0.3, 0.4) is 0 Å². The number of nitriles is 1. The smallest absolute Gasteiger partial charge is 0.0931 e. The molecular weight excluding hydrogens is 192 g/mol. The maximum atomic E-state index is 8.40. The summed E-state index contributed by atoms with van der Waals surface area (Å²) in [6.07, 6.45) is 0. The molecule has 0 fully saturated rings. The van der Waals surface area contributed by atoms with Gasteiger partial charge in [0.25, 0.3) is 0 Å². The van der Waals surface area contributed by atoms with Crippen molar-refractivity contribution in [2.45, 2.75) is 6.54 Å². The molecular formula is C8H9ClN2S. The number of thiophene rings is 1. The zero-order valence-corrected chi connectivity index (χ0v) is 8.32. The van der Waals surface area contributed by atoms with Gasteiger partial charge in [0.1, 0.15) is 0 Å². The molecule has 1 heterocycles. The normalized spacial score (nSPS) is 10.2. The fourth-order valence-electron chi connectivity index (χ4n) is 0.917. The van der Waals surface area contributed by atoms with Crippen molar-refractivity contribution in [1.82, 2.24) is 4.90 Å². The molecule has 0 aromatic carbocycles. The summed E-state index contributed by atoms with van der Waals surface area (Å²) < 4.78 is 0.801. The monoisotopic (exact) mass is 200 g/mol. The molecule has 0 aliphatic carbocycles. The zero-order chi connectivity index (χ0) is 8.97. The minimum Gasteiger partial charge on any atom is -0.289 e. The third kappa shape index (κ3) is 2.82. The lowest BCUT2D eigenvalue weighted by Gasteiger charge is -2.09. The van der Waals surface area contributed by atoms with Gasteiger partial charge in [-0.2, -0.15) is 5.26 Å². The molecule has 0 saturated heterocycles. The fourth-order valence-corrected chi connectivity index (χ4v) is 1.82. The average Bonchev–Trinajstić information content (AvgIpc) is 2.36. The lowest BCUT2D eigenvalue weighted by atomic mass is 10.3. The number of hydrogen-bond acceptors (Lipinski definition) is 3. The fraction of sp³-hybridized carbons (Fsp3) is 0.375. The molecule has 1 rings (SSSR count). The third-order valence-corrected chi connectivity index (χ3v) is 2.55. The summed E-state index contributed by atoms with van der Waals surface area (Å²) in [4.78, 5) is 1.94. The van der Waals surface area contributed by atoms with E-state index in [1.54, 1.807) is 0 Å². The van der Waals surface area contributed by atoms with E-state index in [0.717, 1.165) is 10.9 Å². The SMILES string of the molecule is CN(CC#N)Cc1csc(Cl)c1. The molecule has 0 bridgehead atoms. The van der Waals surface area contributed by atoms with Gasteiger partial charge in [0.2, 0.25) is 0 Å². The maximum absolute atomic E-state index is 8.40. The molecule has 0 N–H and O–H groups in total. The minimum atomic E-state index is 0.452. The number of nitrogens with zero attached hydrogens (tertiary/aromatic N) is 2. The van der Waals surface area contributed by atoms with Crippen LogP contribution in [-0.4, -0.2) is 18.5 Å². The van der Waals surface area contributed by atoms with Crippen molar-refractivity contribution in [1.29, 1.82) is 5.26 Å². The Bertz CT molecular complexity index is 289. The average molecular weight is 201 g/mol. The van der Waals surface area contributed by atoms with Crippen molar-refractivity contribution in [3.05, 3.63) is 21.3 Å². The van der Waals surface area contributed by atoms with Gasteiger partial charge in [-0.05, 0) is 24.1 Å². The van der Waals surface area contributed by atoms with E-state index in [1.807, 2.05) is 23.4 Å². The predicted octanol–water partition coefficient (Wildman–Crippen LogP) is 2.36. The molecule has 0 aliphatic rings. The van der Waals surface area contributed by atoms with Crippen LogP contribution in [0.2, 0.25) is 4.34 Å². The Labute approximate surface area is 81.0 Å². The first-order chi connectivity index (χ1) is 5.72. The van der Waals surface area contributed by atoms with Crippen molar-refractivity contribution in [3.63, 3.8) is 0 Å². The van der Waals surface area contributed by atoms with Gasteiger partial charge in [-0.1, -0.05) is 11.6 Å². The highest BCUT2D eigenvalue weighted by atomic mass is 35.5. The van der Waals surface area contributed by atoms with Crippen LogP contribution in [0.15, 0.2) is 11.4 Å². The van der Waals surface area contributed by atoms with Crippen molar-refractivity contribution in [3.8, 4) is 6.07 Å². The van der Waals surface area contributed by atoms with Crippen molar-refractivity contribution in [2.24, 2.45) is 0 Å². The quantitative estimate of drug-likeness (QED) is 0.701. The highest BCUT2D eigenvalue weighted by molar-refractivity contribution is 7.14. The first-order valence-corrected chi connectivity index (χ1v) is 4.76. The summed E-state index contributed by atoms with van der Waals surface area (Å²) in [5.41, 5.74) is 1.17. The van der Waals surface area contributed by atoms with Crippen LogP contribution in [-0.2, 0) is 6.54 Å². The zero-order valence-electron chi connectivity index (χ0n) is 6.75. The van der Waals surface area contributed by atoms with Crippen LogP contribution in [0.1, 0.15) is 5.56 Å². The van der Waals surface area contributed by atoms with E-state index in [-0.39, 0.29) is 0 Å². The summed E-state index contributed by atoms with van der Waals surface area (Å²) in [7, 11) is 1.91. The van der Waals surface area contributed by atoms with Gasteiger partial charge >= 0.3 is 0 Å². The van der Waals surface area contributed by atoms with Crippen LogP contribution < -0.4 is 0 Å². The minimum absolute atomic E-state index is 0.452. The molecule has 64 valence electrons. The number of halogens is 1. The standard InChI is InChI=1S/C8H9ClN2S/c1-11(3-2-10)5-7-4-8(9)12-6-7/h4,6H,3,5H2,1H3. The Kier molecular flexibility index (Phi) is 3.54. The van der Waals surface area contributed by atoms with Crippen molar-refractivity contribution >= 4 is 22.9 Å². The van der Waals surface area contributed by atoms with Gasteiger partial charge in [0, 0.05) is 6.54 Å². The maximum Gasteiger partial charge on any atom is 0.0931 e. The Balaban J connectivity index is 2.47.